The zero-order valence-electron chi connectivity index (χ0n) is 15.4. The molecule has 27 heavy (non-hydrogen) atoms. The molecular formula is C21H22FN3O2. The van der Waals surface area contributed by atoms with Crippen molar-refractivity contribution in [2.45, 2.75) is 32.9 Å². The molecule has 140 valence electrons. The Balaban J connectivity index is 1.68. The Morgan fingerprint density at radius 1 is 1.22 bits per heavy atom. The zero-order chi connectivity index (χ0) is 19.2. The number of hydrogen-bond donors (Lipinski definition) is 1. The van der Waals surface area contributed by atoms with E-state index in [0.717, 1.165) is 17.1 Å². The highest BCUT2D eigenvalue weighted by atomic mass is 19.1. The van der Waals surface area contributed by atoms with Gasteiger partial charge >= 0.3 is 0 Å². The lowest BCUT2D eigenvalue weighted by molar-refractivity contribution is -0.128. The van der Waals surface area contributed by atoms with Crippen molar-refractivity contribution >= 4 is 5.91 Å². The first-order valence-electron chi connectivity index (χ1n) is 8.86. The maximum Gasteiger partial charge on any atom is 0.261 e. The van der Waals surface area contributed by atoms with Gasteiger partial charge in [-0.05, 0) is 49.2 Å². The minimum absolute atomic E-state index is 0.209. The summed E-state index contributed by atoms with van der Waals surface area (Å²) in [7, 11) is 0. The molecule has 3 rings (SSSR count). The molecule has 0 saturated heterocycles. The summed E-state index contributed by atoms with van der Waals surface area (Å²) in [6.07, 6.45) is 3.50. The lowest BCUT2D eigenvalue weighted by Crippen LogP contribution is -2.37. The average Bonchev–Trinajstić information content (AvgIpc) is 3.11. The lowest BCUT2D eigenvalue weighted by atomic mass is 10.1. The zero-order valence-corrected chi connectivity index (χ0v) is 15.4. The van der Waals surface area contributed by atoms with E-state index in [4.69, 9.17) is 4.74 Å². The molecule has 0 aliphatic heterocycles. The van der Waals surface area contributed by atoms with Crippen LogP contribution in [0.25, 0.3) is 5.69 Å². The van der Waals surface area contributed by atoms with Crippen LogP contribution in [-0.4, -0.2) is 21.6 Å². The van der Waals surface area contributed by atoms with Crippen molar-refractivity contribution in [3.63, 3.8) is 0 Å². The van der Waals surface area contributed by atoms with E-state index < -0.39 is 6.10 Å². The van der Waals surface area contributed by atoms with E-state index >= 15 is 0 Å². The summed E-state index contributed by atoms with van der Waals surface area (Å²) >= 11 is 0. The number of rotatable bonds is 7. The normalized spacial score (nSPS) is 11.8. The van der Waals surface area contributed by atoms with Gasteiger partial charge < -0.3 is 14.6 Å². The van der Waals surface area contributed by atoms with Gasteiger partial charge in [0.2, 0.25) is 0 Å². The van der Waals surface area contributed by atoms with Crippen molar-refractivity contribution in [1.82, 2.24) is 14.9 Å². The second kappa shape index (κ2) is 8.49. The first-order chi connectivity index (χ1) is 13.1. The smallest absolute Gasteiger partial charge is 0.261 e. The molecule has 0 aliphatic carbocycles. The molecule has 5 nitrogen and oxygen atoms in total. The number of benzene rings is 2. The third kappa shape index (κ3) is 4.53. The van der Waals surface area contributed by atoms with Gasteiger partial charge in [-0.2, -0.15) is 0 Å². The first-order valence-corrected chi connectivity index (χ1v) is 8.86. The van der Waals surface area contributed by atoms with E-state index in [1.165, 1.54) is 24.3 Å². The van der Waals surface area contributed by atoms with Crippen LogP contribution in [0.15, 0.2) is 60.9 Å². The highest BCUT2D eigenvalue weighted by Gasteiger charge is 2.18. The summed E-state index contributed by atoms with van der Waals surface area (Å²) in [5.41, 5.74) is 1.95. The molecule has 0 saturated carbocycles. The lowest BCUT2D eigenvalue weighted by Gasteiger charge is -2.18. The number of halogens is 1. The molecule has 3 aromatic rings. The third-order valence-corrected chi connectivity index (χ3v) is 4.29. The van der Waals surface area contributed by atoms with Crippen molar-refractivity contribution in [3.05, 3.63) is 78.1 Å². The topological polar surface area (TPSA) is 56.1 Å². The summed E-state index contributed by atoms with van der Waals surface area (Å²) in [4.78, 5) is 16.8. The monoisotopic (exact) mass is 367 g/mol. The van der Waals surface area contributed by atoms with Gasteiger partial charge in [0.1, 0.15) is 17.4 Å². The van der Waals surface area contributed by atoms with Gasteiger partial charge in [0.05, 0.1) is 5.69 Å². The number of carbonyl (C=O) groups excluding carboxylic acids is 1. The van der Waals surface area contributed by atoms with Gasteiger partial charge in [0.15, 0.2) is 6.10 Å². The van der Waals surface area contributed by atoms with Gasteiger partial charge in [0, 0.05) is 18.9 Å². The van der Waals surface area contributed by atoms with E-state index in [2.05, 4.69) is 10.3 Å². The fourth-order valence-corrected chi connectivity index (χ4v) is 2.82. The molecule has 1 amide bonds. The average molecular weight is 367 g/mol. The van der Waals surface area contributed by atoms with E-state index in [1.807, 2.05) is 48.9 Å². The van der Waals surface area contributed by atoms with E-state index in [0.29, 0.717) is 18.7 Å². The second-order valence-corrected chi connectivity index (χ2v) is 6.16. The molecule has 0 spiro atoms. The highest BCUT2D eigenvalue weighted by Crippen LogP contribution is 2.17. The van der Waals surface area contributed by atoms with Crippen LogP contribution in [0.4, 0.5) is 4.39 Å². The summed E-state index contributed by atoms with van der Waals surface area (Å²) in [5, 5.41) is 2.93. The Labute approximate surface area is 157 Å². The highest BCUT2D eigenvalue weighted by molar-refractivity contribution is 5.81. The van der Waals surface area contributed by atoms with Crippen LogP contribution in [-0.2, 0) is 11.3 Å². The minimum Gasteiger partial charge on any atom is -0.481 e. The van der Waals surface area contributed by atoms with Crippen LogP contribution < -0.4 is 10.1 Å². The van der Waals surface area contributed by atoms with Crippen LogP contribution in [0.1, 0.15) is 24.7 Å². The molecular weight excluding hydrogens is 345 g/mol. The summed E-state index contributed by atoms with van der Waals surface area (Å²) < 4.78 is 20.7. The fraction of sp³-hybridized carbons (Fsp3) is 0.238. The van der Waals surface area contributed by atoms with E-state index in [-0.39, 0.29) is 11.7 Å². The molecule has 1 unspecified atom stereocenters. The molecule has 1 heterocycles. The van der Waals surface area contributed by atoms with Gasteiger partial charge in [-0.1, -0.05) is 25.1 Å². The summed E-state index contributed by atoms with van der Waals surface area (Å²) in [6.45, 7) is 4.17. The Kier molecular flexibility index (Phi) is 5.86. The Morgan fingerprint density at radius 3 is 2.63 bits per heavy atom. The number of aromatic nitrogens is 2. The van der Waals surface area contributed by atoms with Crippen LogP contribution >= 0.6 is 0 Å². The Morgan fingerprint density at radius 2 is 1.96 bits per heavy atom. The van der Waals surface area contributed by atoms with E-state index in [1.54, 1.807) is 6.20 Å². The number of para-hydroxylation sites is 1. The van der Waals surface area contributed by atoms with Gasteiger partial charge in [-0.3, -0.25) is 4.79 Å². The number of ether oxygens (including phenoxy) is 1. The number of amides is 1. The number of carbonyl (C=O) groups is 1. The predicted octanol–water partition coefficient (Wildman–Crippen LogP) is 3.79. The molecule has 0 aliphatic rings. The third-order valence-electron chi connectivity index (χ3n) is 4.29. The predicted molar refractivity (Wildman–Crippen MR) is 101 cm³/mol. The van der Waals surface area contributed by atoms with Crippen LogP contribution in [0, 0.1) is 12.7 Å². The van der Waals surface area contributed by atoms with Crippen molar-refractivity contribution in [1.29, 1.82) is 0 Å². The van der Waals surface area contributed by atoms with Crippen LogP contribution in [0.2, 0.25) is 0 Å². The van der Waals surface area contributed by atoms with Crippen molar-refractivity contribution in [2.75, 3.05) is 0 Å². The fourth-order valence-electron chi connectivity index (χ4n) is 2.82. The largest absolute Gasteiger partial charge is 0.481 e. The molecule has 6 heteroatoms. The Hall–Kier alpha value is -3.15. The van der Waals surface area contributed by atoms with Crippen molar-refractivity contribution in [3.8, 4) is 11.4 Å². The summed E-state index contributed by atoms with van der Waals surface area (Å²) in [6, 6.07) is 13.5. The molecule has 0 radical (unpaired) electrons. The molecule has 1 N–H and O–H groups in total. The van der Waals surface area contributed by atoms with Crippen LogP contribution in [0.5, 0.6) is 5.75 Å². The minimum atomic E-state index is -0.641. The molecule has 1 atom stereocenters. The number of hydrogen-bond acceptors (Lipinski definition) is 3. The van der Waals surface area contributed by atoms with Crippen molar-refractivity contribution in [2.24, 2.45) is 0 Å². The number of aryl methyl sites for hydroxylation is 1. The quantitative estimate of drug-likeness (QED) is 0.691. The maximum atomic E-state index is 13.0. The van der Waals surface area contributed by atoms with Gasteiger partial charge in [-0.25, -0.2) is 9.37 Å². The van der Waals surface area contributed by atoms with E-state index in [9.17, 15) is 9.18 Å². The second-order valence-electron chi connectivity index (χ2n) is 6.16. The van der Waals surface area contributed by atoms with Gasteiger partial charge in [0.25, 0.3) is 5.91 Å². The number of imidazole rings is 1. The standard InChI is InChI=1S/C21H22FN3O2/c1-3-20(27-18-10-8-17(22)9-11-18)21(26)24-14-16-6-4-5-7-19(16)25-13-12-23-15(25)2/h4-13,20H,3,14H2,1-2H3,(H,24,26). The molecule has 0 bridgehead atoms. The van der Waals surface area contributed by atoms with Gasteiger partial charge in [-0.15, -0.1) is 0 Å². The summed E-state index contributed by atoms with van der Waals surface area (Å²) in [5.74, 6) is 0.790. The molecule has 2 aromatic carbocycles. The first kappa shape index (κ1) is 18.6. The number of nitrogens with zero attached hydrogens (tertiary/aromatic N) is 2. The Bertz CT molecular complexity index is 906. The maximum absolute atomic E-state index is 13.0. The molecule has 0 fully saturated rings. The molecule has 1 aromatic heterocycles. The number of nitrogens with one attached hydrogen (secondary N) is 1. The SMILES string of the molecule is CCC(Oc1ccc(F)cc1)C(=O)NCc1ccccc1-n1ccnc1C. The van der Waals surface area contributed by atoms with Crippen LogP contribution in [0.3, 0.4) is 0 Å². The van der Waals surface area contributed by atoms with Crippen molar-refractivity contribution < 1.29 is 13.9 Å².